The average molecular weight is 622 g/mol. The Morgan fingerprint density at radius 2 is 0.851 bits per heavy atom. The molecule has 5 heteroatoms. The summed E-state index contributed by atoms with van der Waals surface area (Å²) in [5.41, 5.74) is 8.08. The third-order valence-electron chi connectivity index (χ3n) is 9.46. The van der Waals surface area contributed by atoms with E-state index in [4.69, 9.17) is 13.3 Å². The monoisotopic (exact) mass is 621 g/mol. The zero-order chi connectivity index (χ0) is 30.6. The summed E-state index contributed by atoms with van der Waals surface area (Å²) in [6.07, 6.45) is 0. The van der Waals surface area contributed by atoms with Crippen LogP contribution in [0, 0.1) is 0 Å². The molecule has 11 rings (SSSR count). The molecule has 0 N–H and O–H groups in total. The lowest BCUT2D eigenvalue weighted by atomic mass is 10.0. The third kappa shape index (κ3) is 3.41. The molecule has 7 aromatic carbocycles. The molecule has 0 aliphatic heterocycles. The van der Waals surface area contributed by atoms with E-state index in [-0.39, 0.29) is 0 Å². The fourth-order valence-electron chi connectivity index (χ4n) is 7.43. The van der Waals surface area contributed by atoms with Crippen molar-refractivity contribution in [1.82, 2.24) is 0 Å². The number of benzene rings is 7. The molecule has 47 heavy (non-hydrogen) atoms. The molecular formula is C42H23NO3S. The molecule has 4 aromatic heterocycles. The number of anilines is 3. The van der Waals surface area contributed by atoms with Gasteiger partial charge < -0.3 is 18.2 Å². The van der Waals surface area contributed by atoms with E-state index < -0.39 is 0 Å². The van der Waals surface area contributed by atoms with Crippen molar-refractivity contribution in [2.45, 2.75) is 0 Å². The molecule has 4 nitrogen and oxygen atoms in total. The van der Waals surface area contributed by atoms with Gasteiger partial charge in [-0.1, -0.05) is 97.1 Å². The lowest BCUT2D eigenvalue weighted by Gasteiger charge is -2.26. The van der Waals surface area contributed by atoms with Crippen LogP contribution in [0.4, 0.5) is 17.1 Å². The van der Waals surface area contributed by atoms with Crippen molar-refractivity contribution in [3.8, 4) is 0 Å². The van der Waals surface area contributed by atoms with Crippen molar-refractivity contribution in [2.75, 3.05) is 4.90 Å². The van der Waals surface area contributed by atoms with Crippen molar-refractivity contribution >= 4 is 114 Å². The minimum absolute atomic E-state index is 0.826. The number of rotatable bonds is 3. The fraction of sp³-hybridized carbons (Fsp3) is 0. The van der Waals surface area contributed by atoms with Crippen LogP contribution >= 0.6 is 11.3 Å². The molecule has 11 aromatic rings. The lowest BCUT2D eigenvalue weighted by molar-refractivity contribution is 0.666. The van der Waals surface area contributed by atoms with E-state index in [0.717, 1.165) is 93.0 Å². The van der Waals surface area contributed by atoms with Gasteiger partial charge in [-0.15, -0.1) is 11.3 Å². The summed E-state index contributed by atoms with van der Waals surface area (Å²) in [4.78, 5) is 2.35. The number of nitrogens with zero attached hydrogens (tertiary/aromatic N) is 1. The van der Waals surface area contributed by atoms with Gasteiger partial charge in [-0.05, 0) is 42.5 Å². The van der Waals surface area contributed by atoms with Gasteiger partial charge in [0.2, 0.25) is 0 Å². The summed E-state index contributed by atoms with van der Waals surface area (Å²) >= 11 is 1.78. The van der Waals surface area contributed by atoms with Crippen molar-refractivity contribution in [3.05, 3.63) is 140 Å². The maximum Gasteiger partial charge on any atom is 0.159 e. The van der Waals surface area contributed by atoms with Crippen LogP contribution in [0.3, 0.4) is 0 Å². The van der Waals surface area contributed by atoms with Crippen LogP contribution in [0.15, 0.2) is 153 Å². The number of furan rings is 3. The summed E-state index contributed by atoms with van der Waals surface area (Å²) in [6.45, 7) is 0. The standard InChI is InChI=1S/C42H23NO3S/c1-5-19-34-24(11-1)27-15-9-17-31(39(27)44-34)43(32-18-10-16-28-25-12-2-6-20-35(25)45-40(28)32)33-23-30-26-13-3-7-21-36(26)46-41(30)42-38(33)29-14-4-8-22-37(29)47-42/h1-23H. The van der Waals surface area contributed by atoms with E-state index in [1.54, 1.807) is 11.3 Å². The van der Waals surface area contributed by atoms with Gasteiger partial charge in [-0.2, -0.15) is 0 Å². The first-order valence-electron chi connectivity index (χ1n) is 15.7. The zero-order valence-corrected chi connectivity index (χ0v) is 25.7. The van der Waals surface area contributed by atoms with Crippen LogP contribution in [0.1, 0.15) is 0 Å². The van der Waals surface area contributed by atoms with Gasteiger partial charge in [0.25, 0.3) is 0 Å². The molecule has 0 fully saturated rings. The predicted octanol–water partition coefficient (Wildman–Crippen LogP) is 13.2. The first-order chi connectivity index (χ1) is 23.3. The maximum absolute atomic E-state index is 6.71. The van der Waals surface area contributed by atoms with Crippen LogP contribution in [-0.4, -0.2) is 0 Å². The molecular weight excluding hydrogens is 599 g/mol. The summed E-state index contributed by atoms with van der Waals surface area (Å²) in [6, 6.07) is 48.6. The minimum atomic E-state index is 0.826. The molecule has 0 saturated carbocycles. The molecule has 0 unspecified atom stereocenters. The molecule has 0 bridgehead atoms. The summed E-state index contributed by atoms with van der Waals surface area (Å²) in [5, 5.41) is 8.81. The number of thiophene rings is 1. The molecule has 4 heterocycles. The highest BCUT2D eigenvalue weighted by atomic mass is 32.1. The summed E-state index contributed by atoms with van der Waals surface area (Å²) in [7, 11) is 0. The van der Waals surface area contributed by atoms with Crippen LogP contribution in [0.25, 0.3) is 86.0 Å². The van der Waals surface area contributed by atoms with Crippen LogP contribution in [0.2, 0.25) is 0 Å². The number of para-hydroxylation sites is 5. The van der Waals surface area contributed by atoms with Gasteiger partial charge in [-0.3, -0.25) is 0 Å². The van der Waals surface area contributed by atoms with Gasteiger partial charge in [0.1, 0.15) is 16.7 Å². The van der Waals surface area contributed by atoms with E-state index in [0.29, 0.717) is 0 Å². The van der Waals surface area contributed by atoms with Crippen molar-refractivity contribution < 1.29 is 13.3 Å². The highest BCUT2D eigenvalue weighted by molar-refractivity contribution is 7.26. The second-order valence-corrected chi connectivity index (χ2v) is 13.1. The van der Waals surface area contributed by atoms with Crippen molar-refractivity contribution in [2.24, 2.45) is 0 Å². The smallest absolute Gasteiger partial charge is 0.159 e. The van der Waals surface area contributed by atoms with Gasteiger partial charge in [0.15, 0.2) is 16.7 Å². The van der Waals surface area contributed by atoms with E-state index in [1.165, 1.54) is 10.1 Å². The highest BCUT2D eigenvalue weighted by Crippen LogP contribution is 2.52. The van der Waals surface area contributed by atoms with E-state index in [1.807, 2.05) is 30.3 Å². The van der Waals surface area contributed by atoms with Crippen molar-refractivity contribution in [1.29, 1.82) is 0 Å². The second-order valence-electron chi connectivity index (χ2n) is 12.0. The lowest BCUT2D eigenvalue weighted by Crippen LogP contribution is -2.11. The number of hydrogen-bond acceptors (Lipinski definition) is 5. The Bertz CT molecular complexity index is 2930. The first kappa shape index (κ1) is 25.2. The normalized spacial score (nSPS) is 12.3. The van der Waals surface area contributed by atoms with Gasteiger partial charge in [0, 0.05) is 47.8 Å². The molecule has 0 aliphatic carbocycles. The Morgan fingerprint density at radius 1 is 0.383 bits per heavy atom. The minimum Gasteiger partial charge on any atom is -0.455 e. The Kier molecular flexibility index (Phi) is 4.96. The maximum atomic E-state index is 6.71. The topological polar surface area (TPSA) is 42.7 Å². The Balaban J connectivity index is 1.36. The Morgan fingerprint density at radius 3 is 1.45 bits per heavy atom. The van der Waals surface area contributed by atoms with Gasteiger partial charge in [0.05, 0.1) is 21.8 Å². The van der Waals surface area contributed by atoms with Crippen molar-refractivity contribution in [3.63, 3.8) is 0 Å². The zero-order valence-electron chi connectivity index (χ0n) is 24.9. The molecule has 0 amide bonds. The van der Waals surface area contributed by atoms with Crippen LogP contribution < -0.4 is 4.90 Å². The highest BCUT2D eigenvalue weighted by Gasteiger charge is 2.28. The van der Waals surface area contributed by atoms with E-state index in [9.17, 15) is 0 Å². The summed E-state index contributed by atoms with van der Waals surface area (Å²) < 4.78 is 22.4. The molecule has 0 spiro atoms. The number of fused-ring (bicyclic) bond motifs is 13. The molecule has 0 saturated heterocycles. The Labute approximate surface area is 271 Å². The second kappa shape index (κ2) is 9.25. The van der Waals surface area contributed by atoms with Crippen LogP contribution in [0.5, 0.6) is 0 Å². The summed E-state index contributed by atoms with van der Waals surface area (Å²) in [5.74, 6) is 0. The fourth-order valence-corrected chi connectivity index (χ4v) is 8.64. The first-order valence-corrected chi connectivity index (χ1v) is 16.5. The molecule has 0 aliphatic rings. The molecule has 0 atom stereocenters. The predicted molar refractivity (Wildman–Crippen MR) is 196 cm³/mol. The van der Waals surface area contributed by atoms with Gasteiger partial charge in [-0.25, -0.2) is 0 Å². The average Bonchev–Trinajstić information content (AvgIpc) is 3.89. The number of hydrogen-bond donors (Lipinski definition) is 0. The van der Waals surface area contributed by atoms with Crippen LogP contribution in [-0.2, 0) is 0 Å². The third-order valence-corrected chi connectivity index (χ3v) is 10.6. The quantitative estimate of drug-likeness (QED) is 0.197. The Hall–Kier alpha value is -6.04. The van der Waals surface area contributed by atoms with Gasteiger partial charge >= 0.3 is 0 Å². The molecule has 220 valence electrons. The van der Waals surface area contributed by atoms with E-state index >= 15 is 0 Å². The van der Waals surface area contributed by atoms with E-state index in [2.05, 4.69) is 114 Å². The SMILES string of the molecule is c1ccc2c(c1)oc1c(N(c3cccc4c3oc3ccccc34)c3cc4c5ccccc5oc4c4sc5ccccc5c34)cccc12. The largest absolute Gasteiger partial charge is 0.455 e. The molecule has 0 radical (unpaired) electrons.